The van der Waals surface area contributed by atoms with Gasteiger partial charge in [0.1, 0.15) is 11.5 Å². The first kappa shape index (κ1) is 22.5. The van der Waals surface area contributed by atoms with Gasteiger partial charge in [0.05, 0.1) is 29.8 Å². The maximum Gasteiger partial charge on any atom is 0.282 e. The summed E-state index contributed by atoms with van der Waals surface area (Å²) in [5.41, 5.74) is 3.29. The first-order valence-corrected chi connectivity index (χ1v) is 11.5. The van der Waals surface area contributed by atoms with Gasteiger partial charge in [-0.3, -0.25) is 4.68 Å². The zero-order valence-corrected chi connectivity index (χ0v) is 18.9. The molecule has 0 amide bonds. The number of hydrogen-bond acceptors (Lipinski definition) is 2. The summed E-state index contributed by atoms with van der Waals surface area (Å²) in [5, 5.41) is 7.46. The van der Waals surface area contributed by atoms with Gasteiger partial charge in [0, 0.05) is 24.7 Å². The van der Waals surface area contributed by atoms with Crippen molar-refractivity contribution < 1.29 is 17.9 Å². The Kier molecular flexibility index (Phi) is 6.32. The van der Waals surface area contributed by atoms with Gasteiger partial charge in [-0.2, -0.15) is 5.10 Å². The molecular weight excluding hydrogens is 441 g/mol. The number of nitrogens with zero attached hydrogens (tertiary/aromatic N) is 3. The molecule has 0 unspecified atom stereocenters. The molecule has 5 nitrogen and oxygen atoms in total. The number of alkyl halides is 2. The lowest BCUT2D eigenvalue weighted by molar-refractivity contribution is 0.0522. The van der Waals surface area contributed by atoms with E-state index in [1.165, 1.54) is 35.7 Å². The molecule has 1 atom stereocenters. The van der Waals surface area contributed by atoms with Crippen LogP contribution >= 0.6 is 0 Å². The standard InChI is InChI=1S/C26H27F3N4O/c1-17(34-16-19-5-3-2-4-6-19)23-11-20(27)9-10-25(23)33-22(13-24(31-33)26(28)29)12-21-15-32(30-21)14-18-7-8-18/h2-6,9-11,13,15,17-18,26,30H,7-8,12,14,16H2,1H3/t17-/m1/s1. The molecule has 5 rings (SSSR count). The summed E-state index contributed by atoms with van der Waals surface area (Å²) < 4.78 is 50.9. The fourth-order valence-corrected chi connectivity index (χ4v) is 4.14. The fourth-order valence-electron chi connectivity index (χ4n) is 4.14. The van der Waals surface area contributed by atoms with Gasteiger partial charge in [-0.25, -0.2) is 17.9 Å². The average Bonchev–Trinajstić information content (AvgIpc) is 3.53. The highest BCUT2D eigenvalue weighted by atomic mass is 19.3. The number of ether oxygens (including phenoxy) is 1. The molecule has 0 saturated heterocycles. The number of benzene rings is 2. The van der Waals surface area contributed by atoms with Crippen LogP contribution < -0.4 is 0 Å². The molecular formula is C26H27F3N4O. The average molecular weight is 469 g/mol. The van der Waals surface area contributed by atoms with Crippen LogP contribution in [0.5, 0.6) is 0 Å². The van der Waals surface area contributed by atoms with Gasteiger partial charge >= 0.3 is 0 Å². The molecule has 178 valence electrons. The predicted molar refractivity (Wildman–Crippen MR) is 122 cm³/mol. The SMILES string of the molecule is C[C@@H](OCc1ccccc1)c1cc(F)ccc1-n1nc(C(F)F)cc1Cc1cn(CC2CC2)[nH]1. The second kappa shape index (κ2) is 9.54. The van der Waals surface area contributed by atoms with Crippen LogP contribution in [0.2, 0.25) is 0 Å². The molecule has 0 bridgehead atoms. The molecule has 1 N–H and O–H groups in total. The maximum absolute atomic E-state index is 14.2. The summed E-state index contributed by atoms with van der Waals surface area (Å²) in [6.45, 7) is 3.13. The van der Waals surface area contributed by atoms with Crippen LogP contribution in [0.4, 0.5) is 13.2 Å². The van der Waals surface area contributed by atoms with Crippen molar-refractivity contribution in [3.05, 3.63) is 94.8 Å². The van der Waals surface area contributed by atoms with Crippen LogP contribution in [-0.2, 0) is 24.3 Å². The topological polar surface area (TPSA) is 47.8 Å². The number of rotatable bonds is 10. The highest BCUT2D eigenvalue weighted by Gasteiger charge is 2.24. The molecule has 1 aliphatic carbocycles. The third-order valence-corrected chi connectivity index (χ3v) is 6.15. The van der Waals surface area contributed by atoms with E-state index in [4.69, 9.17) is 4.74 Å². The Bertz CT molecular complexity index is 1230. The molecule has 34 heavy (non-hydrogen) atoms. The van der Waals surface area contributed by atoms with Crippen molar-refractivity contribution in [1.29, 1.82) is 0 Å². The second-order valence-corrected chi connectivity index (χ2v) is 8.95. The third-order valence-electron chi connectivity index (χ3n) is 6.15. The molecule has 1 saturated carbocycles. The molecule has 4 aromatic rings. The van der Waals surface area contributed by atoms with Crippen molar-refractivity contribution in [2.24, 2.45) is 5.92 Å². The van der Waals surface area contributed by atoms with Crippen LogP contribution in [0.15, 0.2) is 60.8 Å². The van der Waals surface area contributed by atoms with E-state index in [1.54, 1.807) is 6.07 Å². The highest BCUT2D eigenvalue weighted by Crippen LogP contribution is 2.32. The van der Waals surface area contributed by atoms with Crippen LogP contribution in [0.1, 0.15) is 60.5 Å². The van der Waals surface area contributed by atoms with Gasteiger partial charge in [-0.05, 0) is 55.5 Å². The summed E-state index contributed by atoms with van der Waals surface area (Å²) in [6, 6.07) is 15.4. The Morgan fingerprint density at radius 3 is 2.59 bits per heavy atom. The lowest BCUT2D eigenvalue weighted by Gasteiger charge is -2.20. The minimum Gasteiger partial charge on any atom is -0.369 e. The van der Waals surface area contributed by atoms with Crippen LogP contribution in [-0.4, -0.2) is 19.6 Å². The molecule has 0 radical (unpaired) electrons. The number of aromatic amines is 1. The van der Waals surface area contributed by atoms with Gasteiger partial charge in [-0.1, -0.05) is 30.3 Å². The number of H-pyrrole nitrogens is 1. The maximum atomic E-state index is 14.2. The van der Waals surface area contributed by atoms with E-state index in [0.29, 0.717) is 30.0 Å². The van der Waals surface area contributed by atoms with Gasteiger partial charge in [-0.15, -0.1) is 0 Å². The van der Waals surface area contributed by atoms with Crippen molar-refractivity contribution in [3.8, 4) is 5.69 Å². The van der Waals surface area contributed by atoms with E-state index in [1.807, 2.05) is 48.1 Å². The van der Waals surface area contributed by atoms with Crippen molar-refractivity contribution in [3.63, 3.8) is 0 Å². The fraction of sp³-hybridized carbons (Fsp3) is 0.346. The largest absolute Gasteiger partial charge is 0.369 e. The summed E-state index contributed by atoms with van der Waals surface area (Å²) in [5.74, 6) is 0.316. The lowest BCUT2D eigenvalue weighted by atomic mass is 10.1. The van der Waals surface area contributed by atoms with Crippen molar-refractivity contribution >= 4 is 0 Å². The van der Waals surface area contributed by atoms with Gasteiger partial charge in [0.25, 0.3) is 6.43 Å². The number of halogens is 3. The van der Waals surface area contributed by atoms with Gasteiger partial charge in [0.15, 0.2) is 0 Å². The highest BCUT2D eigenvalue weighted by molar-refractivity contribution is 5.44. The van der Waals surface area contributed by atoms with Crippen molar-refractivity contribution in [2.75, 3.05) is 0 Å². The normalized spacial score (nSPS) is 14.7. The Hall–Kier alpha value is -3.26. The zero-order chi connectivity index (χ0) is 23.7. The van der Waals surface area contributed by atoms with E-state index in [9.17, 15) is 13.2 Å². The van der Waals surface area contributed by atoms with E-state index >= 15 is 0 Å². The second-order valence-electron chi connectivity index (χ2n) is 8.95. The molecule has 2 aromatic carbocycles. The number of hydrogen-bond donors (Lipinski definition) is 1. The monoisotopic (exact) mass is 468 g/mol. The van der Waals surface area contributed by atoms with Crippen LogP contribution in [0, 0.1) is 11.7 Å². The minimum atomic E-state index is -2.70. The molecule has 0 spiro atoms. The first-order chi connectivity index (χ1) is 16.5. The van der Waals surface area contributed by atoms with Gasteiger partial charge < -0.3 is 9.84 Å². The molecule has 2 aromatic heterocycles. The van der Waals surface area contributed by atoms with E-state index in [2.05, 4.69) is 10.2 Å². The molecule has 2 heterocycles. The summed E-state index contributed by atoms with van der Waals surface area (Å²) >= 11 is 0. The molecule has 0 aliphatic heterocycles. The zero-order valence-electron chi connectivity index (χ0n) is 18.9. The van der Waals surface area contributed by atoms with Crippen molar-refractivity contribution in [1.82, 2.24) is 19.6 Å². The lowest BCUT2D eigenvalue weighted by Crippen LogP contribution is -2.16. The van der Waals surface area contributed by atoms with Crippen LogP contribution in [0.25, 0.3) is 5.69 Å². The molecule has 1 aliphatic rings. The van der Waals surface area contributed by atoms with Gasteiger partial charge in [0.2, 0.25) is 0 Å². The number of nitrogens with one attached hydrogen (secondary N) is 1. The van der Waals surface area contributed by atoms with E-state index in [-0.39, 0.29) is 5.69 Å². The smallest absolute Gasteiger partial charge is 0.282 e. The van der Waals surface area contributed by atoms with Crippen LogP contribution in [0.3, 0.4) is 0 Å². The summed E-state index contributed by atoms with van der Waals surface area (Å²) in [7, 11) is 0. The Morgan fingerprint density at radius 2 is 1.88 bits per heavy atom. The number of aromatic nitrogens is 4. The summed E-state index contributed by atoms with van der Waals surface area (Å²) in [6.07, 6.45) is 1.75. The van der Waals surface area contributed by atoms with E-state index in [0.717, 1.165) is 23.7 Å². The predicted octanol–water partition coefficient (Wildman–Crippen LogP) is 6.36. The Morgan fingerprint density at radius 1 is 1.12 bits per heavy atom. The summed E-state index contributed by atoms with van der Waals surface area (Å²) in [4.78, 5) is 0. The Labute approximate surface area is 196 Å². The van der Waals surface area contributed by atoms with E-state index < -0.39 is 18.3 Å². The minimum absolute atomic E-state index is 0.308. The molecule has 8 heteroatoms. The Balaban J connectivity index is 1.42. The quantitative estimate of drug-likeness (QED) is 0.295. The first-order valence-electron chi connectivity index (χ1n) is 11.5. The van der Waals surface area contributed by atoms with Crippen molar-refractivity contribution in [2.45, 2.75) is 51.9 Å². The molecule has 1 fully saturated rings. The third kappa shape index (κ3) is 5.12.